The molecule has 5 heteroatoms. The molecule has 0 bridgehead atoms. The Morgan fingerprint density at radius 3 is 2.78 bits per heavy atom. The van der Waals surface area contributed by atoms with Crippen LogP contribution in [0.1, 0.15) is 36.9 Å². The molecule has 0 radical (unpaired) electrons. The number of nitrogens with one attached hydrogen (secondary N) is 1. The Balaban J connectivity index is 1.26. The number of aromatic nitrogens is 2. The summed E-state index contributed by atoms with van der Waals surface area (Å²) < 4.78 is 0. The molecular weight excluding hydrogens is 288 g/mol. The number of amides is 1. The average Bonchev–Trinajstić information content (AvgIpc) is 3.07. The molecule has 4 rings (SSSR count). The third-order valence-electron chi connectivity index (χ3n) is 5.28. The number of rotatable bonds is 4. The van der Waals surface area contributed by atoms with E-state index in [4.69, 9.17) is 0 Å². The summed E-state index contributed by atoms with van der Waals surface area (Å²) in [6, 6.07) is 2.22. The summed E-state index contributed by atoms with van der Waals surface area (Å²) in [6.45, 7) is 2.72. The van der Waals surface area contributed by atoms with Crippen LogP contribution >= 0.6 is 0 Å². The number of nitrogens with zero attached hydrogens (tertiary/aromatic N) is 3. The first-order valence-electron chi connectivity index (χ1n) is 8.83. The van der Waals surface area contributed by atoms with Crippen LogP contribution in [0.25, 0.3) is 0 Å². The van der Waals surface area contributed by atoms with Gasteiger partial charge in [-0.2, -0.15) is 5.10 Å². The van der Waals surface area contributed by atoms with Crippen molar-refractivity contribution in [3.8, 4) is 0 Å². The molecule has 122 valence electrons. The summed E-state index contributed by atoms with van der Waals surface area (Å²) in [5.74, 6) is 1.92. The van der Waals surface area contributed by atoms with Crippen LogP contribution in [0.2, 0.25) is 0 Å². The number of hydrogen-bond acceptors (Lipinski definition) is 4. The van der Waals surface area contributed by atoms with Crippen LogP contribution < -0.4 is 10.2 Å². The lowest BCUT2D eigenvalue weighted by molar-refractivity contribution is -0.124. The molecule has 1 saturated heterocycles. The third kappa shape index (κ3) is 3.09. The van der Waals surface area contributed by atoms with Crippen LogP contribution in [-0.2, 0) is 17.6 Å². The van der Waals surface area contributed by atoms with Gasteiger partial charge in [0, 0.05) is 31.5 Å². The van der Waals surface area contributed by atoms with Crippen LogP contribution in [0, 0.1) is 11.8 Å². The second-order valence-corrected chi connectivity index (χ2v) is 7.04. The highest BCUT2D eigenvalue weighted by atomic mass is 16.1. The number of carbonyl (C=O) groups is 1. The lowest BCUT2D eigenvalue weighted by atomic mass is 9.95. The molecular formula is C18H24N4O. The van der Waals surface area contributed by atoms with E-state index in [9.17, 15) is 4.79 Å². The lowest BCUT2D eigenvalue weighted by Gasteiger charge is -2.40. The highest BCUT2D eigenvalue weighted by Crippen LogP contribution is 2.26. The smallest absolute Gasteiger partial charge is 0.223 e. The molecule has 1 fully saturated rings. The second kappa shape index (κ2) is 6.30. The molecule has 0 saturated carbocycles. The fourth-order valence-electron chi connectivity index (χ4n) is 3.74. The summed E-state index contributed by atoms with van der Waals surface area (Å²) in [6.07, 6.45) is 10.7. The van der Waals surface area contributed by atoms with Gasteiger partial charge < -0.3 is 10.2 Å². The monoisotopic (exact) mass is 312 g/mol. The minimum atomic E-state index is 0.165. The Morgan fingerprint density at radius 2 is 1.96 bits per heavy atom. The van der Waals surface area contributed by atoms with Gasteiger partial charge >= 0.3 is 0 Å². The number of allylic oxidation sites excluding steroid dienone is 2. The van der Waals surface area contributed by atoms with E-state index in [2.05, 4.69) is 38.6 Å². The van der Waals surface area contributed by atoms with Crippen molar-refractivity contribution >= 4 is 11.7 Å². The van der Waals surface area contributed by atoms with E-state index in [0.29, 0.717) is 5.92 Å². The number of aryl methyl sites for hydroxylation is 2. The second-order valence-electron chi connectivity index (χ2n) is 7.04. The van der Waals surface area contributed by atoms with Gasteiger partial charge in [0.1, 0.15) is 0 Å². The van der Waals surface area contributed by atoms with Crippen LogP contribution in [0.5, 0.6) is 0 Å². The van der Waals surface area contributed by atoms with Crippen molar-refractivity contribution in [1.82, 2.24) is 15.5 Å². The SMILES string of the molecule is O=C(NCC1CN(c2cc3c(nn2)CCCC3)C1)C1CC=CC1. The Bertz CT molecular complexity index is 613. The Kier molecular flexibility index (Phi) is 4.02. The van der Waals surface area contributed by atoms with E-state index < -0.39 is 0 Å². The zero-order valence-corrected chi connectivity index (χ0v) is 13.5. The molecule has 5 nitrogen and oxygen atoms in total. The van der Waals surface area contributed by atoms with E-state index in [-0.39, 0.29) is 11.8 Å². The molecule has 1 aromatic heterocycles. The highest BCUT2D eigenvalue weighted by molar-refractivity contribution is 5.79. The third-order valence-corrected chi connectivity index (χ3v) is 5.28. The van der Waals surface area contributed by atoms with E-state index in [0.717, 1.165) is 51.1 Å². The van der Waals surface area contributed by atoms with Crippen molar-refractivity contribution in [2.45, 2.75) is 38.5 Å². The van der Waals surface area contributed by atoms with Gasteiger partial charge in [-0.1, -0.05) is 12.2 Å². The van der Waals surface area contributed by atoms with Crippen molar-refractivity contribution in [3.05, 3.63) is 29.5 Å². The Morgan fingerprint density at radius 1 is 1.17 bits per heavy atom. The molecule has 1 amide bonds. The number of hydrogen-bond donors (Lipinski definition) is 1. The fraction of sp³-hybridized carbons (Fsp3) is 0.611. The van der Waals surface area contributed by atoms with Gasteiger partial charge in [0.25, 0.3) is 0 Å². The van der Waals surface area contributed by atoms with Crippen molar-refractivity contribution in [2.75, 3.05) is 24.5 Å². The van der Waals surface area contributed by atoms with Gasteiger partial charge in [-0.05, 0) is 50.2 Å². The first-order chi connectivity index (χ1) is 11.3. The quantitative estimate of drug-likeness (QED) is 0.862. The van der Waals surface area contributed by atoms with E-state index in [1.54, 1.807) is 0 Å². The number of anilines is 1. The topological polar surface area (TPSA) is 58.1 Å². The molecule has 0 spiro atoms. The van der Waals surface area contributed by atoms with Crippen LogP contribution in [0.15, 0.2) is 18.2 Å². The molecule has 1 aliphatic heterocycles. The molecule has 1 aromatic rings. The summed E-state index contributed by atoms with van der Waals surface area (Å²) in [5.41, 5.74) is 2.57. The van der Waals surface area contributed by atoms with Crippen molar-refractivity contribution in [1.29, 1.82) is 0 Å². The molecule has 3 aliphatic rings. The maximum atomic E-state index is 12.0. The van der Waals surface area contributed by atoms with E-state index in [1.165, 1.54) is 24.1 Å². The lowest BCUT2D eigenvalue weighted by Crippen LogP contribution is -2.52. The molecule has 0 unspecified atom stereocenters. The Hall–Kier alpha value is -1.91. The molecule has 0 atom stereocenters. The van der Waals surface area contributed by atoms with Crippen LogP contribution in [0.3, 0.4) is 0 Å². The van der Waals surface area contributed by atoms with Crippen molar-refractivity contribution in [3.63, 3.8) is 0 Å². The summed E-state index contributed by atoms with van der Waals surface area (Å²) in [5, 5.41) is 11.9. The minimum absolute atomic E-state index is 0.165. The first-order valence-corrected chi connectivity index (χ1v) is 8.83. The van der Waals surface area contributed by atoms with Crippen LogP contribution in [0.4, 0.5) is 5.82 Å². The summed E-state index contributed by atoms with van der Waals surface area (Å²) >= 11 is 0. The van der Waals surface area contributed by atoms with Crippen LogP contribution in [-0.4, -0.2) is 35.7 Å². The zero-order valence-electron chi connectivity index (χ0n) is 13.5. The Labute approximate surface area is 137 Å². The van der Waals surface area contributed by atoms with Gasteiger partial charge in [0.15, 0.2) is 5.82 Å². The van der Waals surface area contributed by atoms with Gasteiger partial charge in [0.05, 0.1) is 5.69 Å². The zero-order chi connectivity index (χ0) is 15.6. The van der Waals surface area contributed by atoms with Crippen molar-refractivity contribution < 1.29 is 4.79 Å². The van der Waals surface area contributed by atoms with E-state index in [1.807, 2.05) is 0 Å². The van der Waals surface area contributed by atoms with Gasteiger partial charge in [0.2, 0.25) is 5.91 Å². The molecule has 1 N–H and O–H groups in total. The summed E-state index contributed by atoms with van der Waals surface area (Å²) in [7, 11) is 0. The maximum absolute atomic E-state index is 12.0. The minimum Gasteiger partial charge on any atom is -0.355 e. The molecule has 2 aliphatic carbocycles. The molecule has 23 heavy (non-hydrogen) atoms. The van der Waals surface area contributed by atoms with E-state index >= 15 is 0 Å². The highest BCUT2D eigenvalue weighted by Gasteiger charge is 2.30. The number of carbonyl (C=O) groups excluding carboxylic acids is 1. The van der Waals surface area contributed by atoms with Gasteiger partial charge in [-0.25, -0.2) is 0 Å². The normalized spacial score (nSPS) is 21.1. The standard InChI is InChI=1S/C18H24N4O/c23-18(14-5-1-2-6-14)19-10-13-11-22(12-13)17-9-15-7-3-4-8-16(15)20-21-17/h1-2,9,13-14H,3-8,10-12H2,(H,19,23). The first kappa shape index (κ1) is 14.7. The largest absolute Gasteiger partial charge is 0.355 e. The maximum Gasteiger partial charge on any atom is 0.223 e. The molecule has 2 heterocycles. The molecule has 0 aromatic carbocycles. The predicted octanol–water partition coefficient (Wildman–Crippen LogP) is 1.87. The summed E-state index contributed by atoms with van der Waals surface area (Å²) in [4.78, 5) is 14.3. The number of fused-ring (bicyclic) bond motifs is 1. The van der Waals surface area contributed by atoms with Gasteiger partial charge in [-0.15, -0.1) is 5.10 Å². The van der Waals surface area contributed by atoms with Gasteiger partial charge in [-0.3, -0.25) is 4.79 Å². The predicted molar refractivity (Wildman–Crippen MR) is 89.3 cm³/mol. The fourth-order valence-corrected chi connectivity index (χ4v) is 3.74. The average molecular weight is 312 g/mol. The van der Waals surface area contributed by atoms with Crippen molar-refractivity contribution in [2.24, 2.45) is 11.8 Å².